The molecule has 1 N–H and O–H groups in total. The summed E-state index contributed by atoms with van der Waals surface area (Å²) in [4.78, 5) is 24.1. The summed E-state index contributed by atoms with van der Waals surface area (Å²) in [6, 6.07) is 10.1. The zero-order valence-electron chi connectivity index (χ0n) is 17.5. The number of rotatable bonds is 6. The Morgan fingerprint density at radius 3 is 2.97 bits per heavy atom. The molecule has 1 atom stereocenters. The molecule has 5 rings (SSSR count). The molecule has 0 bridgehead atoms. The molecule has 1 saturated heterocycles. The van der Waals surface area contributed by atoms with Crippen molar-refractivity contribution in [2.45, 2.75) is 25.7 Å². The zero-order valence-corrected chi connectivity index (χ0v) is 18.4. The Balaban J connectivity index is 1.20. The number of piperidine rings is 1. The lowest BCUT2D eigenvalue weighted by Crippen LogP contribution is -2.39. The largest absolute Gasteiger partial charge is 0.466 e. The van der Waals surface area contributed by atoms with Crippen molar-refractivity contribution in [3.63, 3.8) is 0 Å². The first-order valence-corrected chi connectivity index (χ1v) is 11.7. The van der Waals surface area contributed by atoms with Crippen molar-refractivity contribution in [3.8, 4) is 10.9 Å². The highest BCUT2D eigenvalue weighted by Crippen LogP contribution is 2.37. The van der Waals surface area contributed by atoms with E-state index in [2.05, 4.69) is 32.3 Å². The molecule has 0 amide bonds. The number of ether oxygens (including phenoxy) is 2. The third-order valence-corrected chi connectivity index (χ3v) is 6.90. The molecule has 1 unspecified atom stereocenters. The highest BCUT2D eigenvalue weighted by atomic mass is 32.1. The molecule has 0 spiro atoms. The summed E-state index contributed by atoms with van der Waals surface area (Å²) in [5.74, 6) is 1.24. The van der Waals surface area contributed by atoms with Crippen molar-refractivity contribution >= 4 is 33.3 Å². The van der Waals surface area contributed by atoms with E-state index >= 15 is 0 Å². The number of thiazole rings is 1. The van der Waals surface area contributed by atoms with Gasteiger partial charge < -0.3 is 19.7 Å². The SMILES string of the molecule is CCOC(=O)C1CCN(CC2CNc3cc(Oc4nc5cccnc5s4)ccc32)CC1. The molecule has 1 fully saturated rings. The van der Waals surface area contributed by atoms with Crippen molar-refractivity contribution in [1.29, 1.82) is 0 Å². The quantitative estimate of drug-likeness (QED) is 0.576. The van der Waals surface area contributed by atoms with E-state index in [4.69, 9.17) is 9.47 Å². The average molecular weight is 439 g/mol. The number of likely N-dealkylation sites (tertiary alicyclic amines) is 1. The lowest BCUT2D eigenvalue weighted by Gasteiger charge is -2.32. The van der Waals surface area contributed by atoms with E-state index in [1.165, 1.54) is 16.9 Å². The Bertz CT molecular complexity index is 1040. The molecule has 3 aromatic rings. The second-order valence-corrected chi connectivity index (χ2v) is 9.00. The highest BCUT2D eigenvalue weighted by Gasteiger charge is 2.30. The molecule has 0 radical (unpaired) electrons. The van der Waals surface area contributed by atoms with Crippen molar-refractivity contribution in [2.75, 3.05) is 38.1 Å². The van der Waals surface area contributed by atoms with Gasteiger partial charge in [0.1, 0.15) is 16.1 Å². The van der Waals surface area contributed by atoms with Gasteiger partial charge in [0.15, 0.2) is 0 Å². The normalized spacial score (nSPS) is 19.2. The second kappa shape index (κ2) is 8.80. The molecule has 162 valence electrons. The summed E-state index contributed by atoms with van der Waals surface area (Å²) in [6.45, 7) is 6.14. The Morgan fingerprint density at radius 1 is 1.29 bits per heavy atom. The van der Waals surface area contributed by atoms with Crippen LogP contribution in [0.15, 0.2) is 36.5 Å². The molecular weight excluding hydrogens is 412 g/mol. The Morgan fingerprint density at radius 2 is 2.16 bits per heavy atom. The molecule has 4 heterocycles. The van der Waals surface area contributed by atoms with Crippen LogP contribution in [-0.2, 0) is 9.53 Å². The summed E-state index contributed by atoms with van der Waals surface area (Å²) in [7, 11) is 0. The van der Waals surface area contributed by atoms with E-state index in [1.807, 2.05) is 25.1 Å². The van der Waals surface area contributed by atoms with Crippen LogP contribution >= 0.6 is 11.3 Å². The number of nitrogens with one attached hydrogen (secondary N) is 1. The fourth-order valence-corrected chi connectivity index (χ4v) is 5.21. The lowest BCUT2D eigenvalue weighted by atomic mass is 9.94. The summed E-state index contributed by atoms with van der Waals surface area (Å²) in [6.07, 6.45) is 3.54. The van der Waals surface area contributed by atoms with Gasteiger partial charge in [0.05, 0.1) is 12.5 Å². The number of aromatic nitrogens is 2. The average Bonchev–Trinajstić information content (AvgIpc) is 3.37. The van der Waals surface area contributed by atoms with Crippen LogP contribution in [0.1, 0.15) is 31.2 Å². The number of benzene rings is 1. The number of nitrogens with zero attached hydrogens (tertiary/aromatic N) is 3. The van der Waals surface area contributed by atoms with Crippen molar-refractivity contribution in [1.82, 2.24) is 14.9 Å². The summed E-state index contributed by atoms with van der Waals surface area (Å²) in [5.41, 5.74) is 3.31. The van der Waals surface area contributed by atoms with Gasteiger partial charge in [0.25, 0.3) is 5.19 Å². The van der Waals surface area contributed by atoms with E-state index < -0.39 is 0 Å². The monoisotopic (exact) mass is 438 g/mol. The first-order chi connectivity index (χ1) is 15.2. The molecular formula is C23H26N4O3S. The number of hydrogen-bond acceptors (Lipinski definition) is 8. The van der Waals surface area contributed by atoms with Gasteiger partial charge in [-0.1, -0.05) is 17.4 Å². The maximum Gasteiger partial charge on any atom is 0.309 e. The third-order valence-electron chi connectivity index (χ3n) is 6.04. The second-order valence-electron chi connectivity index (χ2n) is 8.06. The van der Waals surface area contributed by atoms with E-state index in [1.54, 1.807) is 6.20 Å². The van der Waals surface area contributed by atoms with E-state index in [-0.39, 0.29) is 11.9 Å². The first kappa shape index (κ1) is 20.2. The summed E-state index contributed by atoms with van der Waals surface area (Å²) in [5, 5.41) is 4.13. The molecule has 31 heavy (non-hydrogen) atoms. The number of esters is 1. The van der Waals surface area contributed by atoms with Crippen molar-refractivity contribution < 1.29 is 14.3 Å². The fourth-order valence-electron chi connectivity index (χ4n) is 4.43. The Hall–Kier alpha value is -2.71. The van der Waals surface area contributed by atoms with Gasteiger partial charge in [-0.2, -0.15) is 0 Å². The minimum Gasteiger partial charge on any atom is -0.466 e. The molecule has 2 aromatic heterocycles. The maximum atomic E-state index is 12.0. The molecule has 0 aliphatic carbocycles. The maximum absolute atomic E-state index is 12.0. The zero-order chi connectivity index (χ0) is 21.2. The first-order valence-electron chi connectivity index (χ1n) is 10.9. The highest BCUT2D eigenvalue weighted by molar-refractivity contribution is 7.19. The van der Waals surface area contributed by atoms with Gasteiger partial charge >= 0.3 is 5.97 Å². The Labute approximate surface area is 185 Å². The number of anilines is 1. The number of pyridine rings is 1. The van der Waals surface area contributed by atoms with Crippen LogP contribution in [0.25, 0.3) is 10.3 Å². The van der Waals surface area contributed by atoms with E-state index in [0.717, 1.165) is 60.8 Å². The van der Waals surface area contributed by atoms with E-state index in [9.17, 15) is 4.79 Å². The minimum absolute atomic E-state index is 0.0357. The summed E-state index contributed by atoms with van der Waals surface area (Å²) < 4.78 is 11.2. The van der Waals surface area contributed by atoms with Gasteiger partial charge in [0.2, 0.25) is 0 Å². The molecule has 0 saturated carbocycles. The Kier molecular flexibility index (Phi) is 5.74. The fraction of sp³-hybridized carbons (Fsp3) is 0.435. The van der Waals surface area contributed by atoms with E-state index in [0.29, 0.717) is 17.7 Å². The molecule has 7 nitrogen and oxygen atoms in total. The number of hydrogen-bond donors (Lipinski definition) is 1. The van der Waals surface area contributed by atoms with Gasteiger partial charge in [-0.3, -0.25) is 4.79 Å². The lowest BCUT2D eigenvalue weighted by molar-refractivity contribution is -0.149. The van der Waals surface area contributed by atoms with Crippen LogP contribution in [0.4, 0.5) is 5.69 Å². The van der Waals surface area contributed by atoms with Gasteiger partial charge in [-0.25, -0.2) is 9.97 Å². The summed E-state index contributed by atoms with van der Waals surface area (Å²) >= 11 is 1.45. The number of fused-ring (bicyclic) bond motifs is 2. The molecule has 8 heteroatoms. The molecule has 2 aliphatic rings. The smallest absolute Gasteiger partial charge is 0.309 e. The van der Waals surface area contributed by atoms with Crippen LogP contribution in [0, 0.1) is 5.92 Å². The van der Waals surface area contributed by atoms with Crippen LogP contribution < -0.4 is 10.1 Å². The minimum atomic E-state index is -0.0357. The number of carbonyl (C=O) groups excluding carboxylic acids is 1. The third kappa shape index (κ3) is 4.36. The van der Waals surface area contributed by atoms with Crippen molar-refractivity contribution in [2.24, 2.45) is 5.92 Å². The molecule has 1 aromatic carbocycles. The standard InChI is InChI=1S/C23H26N4O3S/c1-2-29-22(28)15-7-10-27(11-8-15)14-16-13-25-20-12-17(5-6-18(16)20)30-23-26-19-4-3-9-24-21(19)31-23/h3-6,9,12,15-16,25H,2,7-8,10-11,13-14H2,1H3. The van der Waals surface area contributed by atoms with Gasteiger partial charge in [0, 0.05) is 37.0 Å². The number of carbonyl (C=O) groups is 1. The van der Waals surface area contributed by atoms with Gasteiger partial charge in [-0.15, -0.1) is 0 Å². The van der Waals surface area contributed by atoms with Gasteiger partial charge in [-0.05, 0) is 56.6 Å². The van der Waals surface area contributed by atoms with Crippen molar-refractivity contribution in [3.05, 3.63) is 42.1 Å². The van der Waals surface area contributed by atoms with Crippen LogP contribution in [0.3, 0.4) is 0 Å². The predicted molar refractivity (Wildman–Crippen MR) is 121 cm³/mol. The van der Waals surface area contributed by atoms with Crippen LogP contribution in [0.2, 0.25) is 0 Å². The van der Waals surface area contributed by atoms with Crippen LogP contribution in [0.5, 0.6) is 10.9 Å². The van der Waals surface area contributed by atoms with Crippen LogP contribution in [-0.4, -0.2) is 53.6 Å². The molecule has 2 aliphatic heterocycles. The predicted octanol–water partition coefficient (Wildman–Crippen LogP) is 4.27. The topological polar surface area (TPSA) is 76.6 Å².